The summed E-state index contributed by atoms with van der Waals surface area (Å²) in [5.74, 6) is 1.13. The summed E-state index contributed by atoms with van der Waals surface area (Å²) in [6.45, 7) is 5.00. The normalized spacial score (nSPS) is 11.0. The second-order valence-corrected chi connectivity index (χ2v) is 6.72. The molecule has 2 rings (SSSR count). The van der Waals surface area contributed by atoms with Crippen LogP contribution in [0.15, 0.2) is 58.1 Å². The zero-order valence-corrected chi connectivity index (χ0v) is 15.4. The molecule has 0 atom stereocenters. The van der Waals surface area contributed by atoms with E-state index < -0.39 is 0 Å². The maximum Gasteiger partial charge on any atom is 0.271 e. The molecule has 0 heterocycles. The Balaban J connectivity index is 1.84. The van der Waals surface area contributed by atoms with Crippen molar-refractivity contribution in [3.63, 3.8) is 0 Å². The van der Waals surface area contributed by atoms with Crippen LogP contribution in [0.3, 0.4) is 0 Å². The third-order valence-electron chi connectivity index (χ3n) is 3.33. The Morgan fingerprint density at radius 3 is 2.46 bits per heavy atom. The van der Waals surface area contributed by atoms with E-state index in [1.165, 1.54) is 0 Å². The molecule has 0 unspecified atom stereocenters. The van der Waals surface area contributed by atoms with Crippen LogP contribution in [-0.4, -0.2) is 18.7 Å². The first-order valence-electron chi connectivity index (χ1n) is 7.86. The first kappa shape index (κ1) is 18.2. The number of benzene rings is 2. The largest absolute Gasteiger partial charge is 0.494 e. The van der Waals surface area contributed by atoms with E-state index in [1.54, 1.807) is 30.5 Å². The van der Waals surface area contributed by atoms with Gasteiger partial charge in [-0.15, -0.1) is 0 Å². The highest BCUT2D eigenvalue weighted by Gasteiger charge is 2.04. The average Bonchev–Trinajstić information content (AvgIpc) is 2.57. The van der Waals surface area contributed by atoms with E-state index in [2.05, 4.69) is 40.3 Å². The molecule has 126 valence electrons. The summed E-state index contributed by atoms with van der Waals surface area (Å²) in [6, 6.07) is 14.7. The fourth-order valence-corrected chi connectivity index (χ4v) is 2.16. The average molecular weight is 389 g/mol. The molecular weight excluding hydrogens is 368 g/mol. The minimum atomic E-state index is -0.253. The van der Waals surface area contributed by atoms with E-state index in [4.69, 9.17) is 4.74 Å². The smallest absolute Gasteiger partial charge is 0.271 e. The van der Waals surface area contributed by atoms with Crippen LogP contribution in [0.4, 0.5) is 0 Å². The highest BCUT2D eigenvalue weighted by Crippen LogP contribution is 2.13. The molecule has 0 bridgehead atoms. The number of rotatable bonds is 7. The Hall–Kier alpha value is -2.14. The van der Waals surface area contributed by atoms with Crippen LogP contribution in [0.5, 0.6) is 5.75 Å². The summed E-state index contributed by atoms with van der Waals surface area (Å²) in [7, 11) is 0. The summed E-state index contributed by atoms with van der Waals surface area (Å²) in [4.78, 5) is 12.0. The van der Waals surface area contributed by atoms with Crippen molar-refractivity contribution in [3.05, 3.63) is 64.1 Å². The lowest BCUT2D eigenvalue weighted by atomic mass is 10.1. The van der Waals surface area contributed by atoms with Crippen molar-refractivity contribution in [3.8, 4) is 5.75 Å². The minimum absolute atomic E-state index is 0.253. The maximum atomic E-state index is 12.0. The quantitative estimate of drug-likeness (QED) is 0.554. The monoisotopic (exact) mass is 388 g/mol. The summed E-state index contributed by atoms with van der Waals surface area (Å²) < 4.78 is 6.63. The van der Waals surface area contributed by atoms with Crippen molar-refractivity contribution >= 4 is 28.1 Å². The predicted molar refractivity (Wildman–Crippen MR) is 101 cm³/mol. The number of halogens is 1. The topological polar surface area (TPSA) is 50.7 Å². The Labute approximate surface area is 151 Å². The zero-order chi connectivity index (χ0) is 17.4. The van der Waals surface area contributed by atoms with E-state index >= 15 is 0 Å². The van der Waals surface area contributed by atoms with Gasteiger partial charge in [0.2, 0.25) is 0 Å². The van der Waals surface area contributed by atoms with Gasteiger partial charge in [-0.1, -0.05) is 41.9 Å². The van der Waals surface area contributed by atoms with Crippen LogP contribution in [0.25, 0.3) is 0 Å². The molecule has 0 aliphatic carbocycles. The molecule has 1 N–H and O–H groups in total. The molecule has 0 spiro atoms. The first-order chi connectivity index (χ1) is 11.5. The van der Waals surface area contributed by atoms with Gasteiger partial charge in [-0.2, -0.15) is 5.10 Å². The highest BCUT2D eigenvalue weighted by molar-refractivity contribution is 9.10. The standard InChI is InChI=1S/C19H21BrN2O2/c1-14(2)11-12-24-18-9-5-16(6-10-18)19(23)22-21-13-15-3-7-17(20)8-4-15/h3-10,13-14H,11-12H2,1-2H3,(H,22,23)/b21-13+. The molecule has 2 aromatic carbocycles. The van der Waals surface area contributed by atoms with Crippen LogP contribution in [0.1, 0.15) is 36.2 Å². The Morgan fingerprint density at radius 1 is 1.17 bits per heavy atom. The van der Waals surface area contributed by atoms with Crippen LogP contribution >= 0.6 is 15.9 Å². The van der Waals surface area contributed by atoms with Crippen LogP contribution < -0.4 is 10.2 Å². The molecule has 1 amide bonds. The minimum Gasteiger partial charge on any atom is -0.494 e. The Kier molecular flexibility index (Phi) is 7.00. The van der Waals surface area contributed by atoms with Crippen molar-refractivity contribution in [2.45, 2.75) is 20.3 Å². The van der Waals surface area contributed by atoms with Gasteiger partial charge >= 0.3 is 0 Å². The van der Waals surface area contributed by atoms with Gasteiger partial charge in [-0.25, -0.2) is 5.43 Å². The SMILES string of the molecule is CC(C)CCOc1ccc(C(=O)N/N=C/c2ccc(Br)cc2)cc1. The van der Waals surface area contributed by atoms with E-state index in [0.29, 0.717) is 18.1 Å². The van der Waals surface area contributed by atoms with E-state index in [-0.39, 0.29) is 5.91 Å². The predicted octanol–water partition coefficient (Wildman–Crippen LogP) is 4.64. The van der Waals surface area contributed by atoms with Gasteiger partial charge in [0.05, 0.1) is 12.8 Å². The van der Waals surface area contributed by atoms with Gasteiger partial charge < -0.3 is 4.74 Å². The molecule has 0 aromatic heterocycles. The van der Waals surface area contributed by atoms with Crippen LogP contribution in [0.2, 0.25) is 0 Å². The molecular formula is C19H21BrN2O2. The molecule has 24 heavy (non-hydrogen) atoms. The molecule has 0 aliphatic rings. The fourth-order valence-electron chi connectivity index (χ4n) is 1.89. The number of hydrogen-bond acceptors (Lipinski definition) is 3. The summed E-state index contributed by atoms with van der Waals surface area (Å²) in [5.41, 5.74) is 3.97. The van der Waals surface area contributed by atoms with Gasteiger partial charge in [-0.05, 0) is 54.3 Å². The number of nitrogens with one attached hydrogen (secondary N) is 1. The molecule has 2 aromatic rings. The highest BCUT2D eigenvalue weighted by atomic mass is 79.9. The van der Waals surface area contributed by atoms with Crippen LogP contribution in [-0.2, 0) is 0 Å². The second kappa shape index (κ2) is 9.23. The van der Waals surface area contributed by atoms with Gasteiger partial charge in [0.1, 0.15) is 5.75 Å². The third kappa shape index (κ3) is 6.16. The molecule has 0 fully saturated rings. The molecule has 4 nitrogen and oxygen atoms in total. The number of nitrogens with zero attached hydrogens (tertiary/aromatic N) is 1. The lowest BCUT2D eigenvalue weighted by Crippen LogP contribution is -2.17. The lowest BCUT2D eigenvalue weighted by Gasteiger charge is -2.08. The van der Waals surface area contributed by atoms with Crippen LogP contribution in [0, 0.1) is 5.92 Å². The number of hydrazone groups is 1. The number of amides is 1. The Morgan fingerprint density at radius 2 is 1.83 bits per heavy atom. The second-order valence-electron chi connectivity index (χ2n) is 5.81. The van der Waals surface area contributed by atoms with E-state index in [0.717, 1.165) is 22.2 Å². The van der Waals surface area contributed by atoms with Crippen molar-refractivity contribution in [2.24, 2.45) is 11.0 Å². The fraction of sp³-hybridized carbons (Fsp3) is 0.263. The van der Waals surface area contributed by atoms with Gasteiger partial charge in [0.25, 0.3) is 5.91 Å². The summed E-state index contributed by atoms with van der Waals surface area (Å²) >= 11 is 3.37. The number of carbonyl (C=O) groups is 1. The van der Waals surface area contributed by atoms with Crippen molar-refractivity contribution in [1.29, 1.82) is 0 Å². The maximum absolute atomic E-state index is 12.0. The molecule has 0 saturated heterocycles. The number of ether oxygens (including phenoxy) is 1. The lowest BCUT2D eigenvalue weighted by molar-refractivity contribution is 0.0955. The first-order valence-corrected chi connectivity index (χ1v) is 8.66. The van der Waals surface area contributed by atoms with Crippen molar-refractivity contribution in [1.82, 2.24) is 5.43 Å². The van der Waals surface area contributed by atoms with Crippen molar-refractivity contribution < 1.29 is 9.53 Å². The van der Waals surface area contributed by atoms with E-state index in [1.807, 2.05) is 24.3 Å². The summed E-state index contributed by atoms with van der Waals surface area (Å²) in [5, 5.41) is 3.97. The molecule has 0 saturated carbocycles. The molecule has 5 heteroatoms. The van der Waals surface area contributed by atoms with E-state index in [9.17, 15) is 4.79 Å². The van der Waals surface area contributed by atoms with Gasteiger partial charge in [0.15, 0.2) is 0 Å². The molecule has 0 aliphatic heterocycles. The number of carbonyl (C=O) groups excluding carboxylic acids is 1. The summed E-state index contributed by atoms with van der Waals surface area (Å²) in [6.07, 6.45) is 2.61. The Bertz CT molecular complexity index is 680. The number of hydrogen-bond donors (Lipinski definition) is 1. The van der Waals surface area contributed by atoms with Gasteiger partial charge in [0, 0.05) is 10.0 Å². The van der Waals surface area contributed by atoms with Crippen molar-refractivity contribution in [2.75, 3.05) is 6.61 Å². The zero-order valence-electron chi connectivity index (χ0n) is 13.8. The third-order valence-corrected chi connectivity index (χ3v) is 3.86. The molecule has 0 radical (unpaired) electrons. The van der Waals surface area contributed by atoms with Gasteiger partial charge in [-0.3, -0.25) is 4.79 Å².